The molecule has 13 heteroatoms. The molecule has 0 radical (unpaired) electrons. The molecule has 3 amide bonds. The second-order valence-corrected chi connectivity index (χ2v) is 5.66. The van der Waals surface area contributed by atoms with Gasteiger partial charge in [0.05, 0.1) is 19.2 Å². The molecule has 0 heterocycles. The molecule has 3 unspecified atom stereocenters. The van der Waals surface area contributed by atoms with Gasteiger partial charge in [0.1, 0.15) is 12.1 Å². The van der Waals surface area contributed by atoms with Crippen molar-refractivity contribution < 1.29 is 29.4 Å². The summed E-state index contributed by atoms with van der Waals surface area (Å²) >= 11 is 0. The number of amides is 3. The van der Waals surface area contributed by atoms with Crippen LogP contribution in [0.2, 0.25) is 0 Å². The van der Waals surface area contributed by atoms with Crippen molar-refractivity contribution >= 4 is 29.7 Å². The largest absolute Gasteiger partial charge is 0.480 e. The molecule has 154 valence electrons. The number of carbonyl (C=O) groups excluding carboxylic acids is 3. The number of nitrogens with zero attached hydrogens (tertiary/aromatic N) is 1. The summed E-state index contributed by atoms with van der Waals surface area (Å²) in [5.74, 6) is -3.64. The zero-order chi connectivity index (χ0) is 21.0. The van der Waals surface area contributed by atoms with Crippen LogP contribution in [0, 0.1) is 0 Å². The summed E-state index contributed by atoms with van der Waals surface area (Å²) in [6.45, 7) is 0.391. The smallest absolute Gasteiger partial charge is 0.326 e. The number of guanidine groups is 1. The molecule has 0 fully saturated rings. The van der Waals surface area contributed by atoms with Crippen molar-refractivity contribution in [2.45, 2.75) is 37.9 Å². The van der Waals surface area contributed by atoms with Crippen molar-refractivity contribution in [2.24, 2.45) is 22.2 Å². The minimum Gasteiger partial charge on any atom is -0.480 e. The number of carbonyl (C=O) groups is 4. The fourth-order valence-electron chi connectivity index (χ4n) is 1.80. The van der Waals surface area contributed by atoms with E-state index >= 15 is 0 Å². The quantitative estimate of drug-likeness (QED) is 0.0911. The molecule has 0 aliphatic heterocycles. The lowest BCUT2D eigenvalue weighted by atomic mass is 10.1. The minimum absolute atomic E-state index is 0.0361. The Balaban J connectivity index is 4.60. The van der Waals surface area contributed by atoms with Crippen LogP contribution in [0.5, 0.6) is 0 Å². The Labute approximate surface area is 155 Å². The van der Waals surface area contributed by atoms with Crippen LogP contribution in [0.4, 0.5) is 0 Å². The van der Waals surface area contributed by atoms with E-state index in [1.165, 1.54) is 6.92 Å². The highest BCUT2D eigenvalue weighted by molar-refractivity contribution is 5.92. The van der Waals surface area contributed by atoms with Crippen molar-refractivity contribution in [3.8, 4) is 0 Å². The predicted octanol–water partition coefficient (Wildman–Crippen LogP) is -4.45. The summed E-state index contributed by atoms with van der Waals surface area (Å²) in [4.78, 5) is 50.0. The first-order valence-electron chi connectivity index (χ1n) is 8.10. The molecule has 0 rings (SSSR count). The number of hydrogen-bond donors (Lipinski definition) is 8. The van der Waals surface area contributed by atoms with Gasteiger partial charge in [-0.3, -0.25) is 19.4 Å². The van der Waals surface area contributed by atoms with E-state index in [1.807, 2.05) is 0 Å². The van der Waals surface area contributed by atoms with Crippen molar-refractivity contribution in [1.82, 2.24) is 16.0 Å². The van der Waals surface area contributed by atoms with E-state index in [2.05, 4.69) is 20.9 Å². The topological polar surface area (TPSA) is 235 Å². The summed E-state index contributed by atoms with van der Waals surface area (Å²) in [5.41, 5.74) is 15.6. The maximum Gasteiger partial charge on any atom is 0.326 e. The lowest BCUT2D eigenvalue weighted by molar-refractivity contribution is -0.142. The number of carboxylic acid groups (broad SMARTS) is 1. The van der Waals surface area contributed by atoms with E-state index in [-0.39, 0.29) is 25.3 Å². The van der Waals surface area contributed by atoms with Crippen molar-refractivity contribution in [3.63, 3.8) is 0 Å². The average Bonchev–Trinajstić information content (AvgIpc) is 2.59. The van der Waals surface area contributed by atoms with E-state index in [4.69, 9.17) is 22.3 Å². The Hall–Kier alpha value is -2.93. The van der Waals surface area contributed by atoms with Crippen LogP contribution in [0.25, 0.3) is 0 Å². The Morgan fingerprint density at radius 1 is 1.07 bits per heavy atom. The summed E-state index contributed by atoms with van der Waals surface area (Å²) in [6, 6.07) is -3.45. The molecule has 0 aromatic carbocycles. The summed E-state index contributed by atoms with van der Waals surface area (Å²) < 4.78 is 0. The Morgan fingerprint density at radius 3 is 2.19 bits per heavy atom. The van der Waals surface area contributed by atoms with Gasteiger partial charge < -0.3 is 43.4 Å². The highest BCUT2D eigenvalue weighted by atomic mass is 16.4. The molecule has 3 atom stereocenters. The number of nitrogens with two attached hydrogens (primary N) is 3. The molecule has 11 N–H and O–H groups in total. The van der Waals surface area contributed by atoms with Crippen molar-refractivity contribution in [1.29, 1.82) is 0 Å². The van der Waals surface area contributed by atoms with E-state index in [1.54, 1.807) is 0 Å². The van der Waals surface area contributed by atoms with Crippen LogP contribution >= 0.6 is 0 Å². The van der Waals surface area contributed by atoms with E-state index in [9.17, 15) is 24.3 Å². The number of rotatable bonds is 12. The van der Waals surface area contributed by atoms with E-state index in [0.717, 1.165) is 0 Å². The molecule has 0 aliphatic carbocycles. The van der Waals surface area contributed by atoms with Crippen LogP contribution in [0.3, 0.4) is 0 Å². The molecule has 0 aromatic heterocycles. The van der Waals surface area contributed by atoms with Crippen molar-refractivity contribution in [3.05, 3.63) is 0 Å². The van der Waals surface area contributed by atoms with Crippen LogP contribution < -0.4 is 33.2 Å². The van der Waals surface area contributed by atoms with Gasteiger partial charge in [0.25, 0.3) is 0 Å². The van der Waals surface area contributed by atoms with Crippen LogP contribution in [0.15, 0.2) is 4.99 Å². The van der Waals surface area contributed by atoms with Gasteiger partial charge in [0, 0.05) is 6.54 Å². The second kappa shape index (κ2) is 12.4. The normalized spacial score (nSPS) is 13.6. The molecule has 0 saturated carbocycles. The number of hydrogen-bond acceptors (Lipinski definition) is 7. The highest BCUT2D eigenvalue weighted by Crippen LogP contribution is 1.99. The first kappa shape index (κ1) is 24.1. The Morgan fingerprint density at radius 2 is 1.70 bits per heavy atom. The summed E-state index contributed by atoms with van der Waals surface area (Å²) in [5, 5.41) is 25.0. The zero-order valence-corrected chi connectivity index (χ0v) is 15.0. The summed E-state index contributed by atoms with van der Waals surface area (Å²) in [6.07, 6.45) is 0.322. The van der Waals surface area contributed by atoms with Gasteiger partial charge in [0.15, 0.2) is 5.96 Å². The fraction of sp³-hybridized carbons (Fsp3) is 0.643. The third-order valence-electron chi connectivity index (χ3n) is 3.23. The molecule has 0 saturated heterocycles. The number of nitrogens with one attached hydrogen (secondary N) is 3. The zero-order valence-electron chi connectivity index (χ0n) is 15.0. The standard InChI is InChI=1S/C14H27N7O6/c1-7(15)11(24)19-5-10(23)20-9(6-22)12(25)21-8(13(26)27)3-2-4-18-14(16)17/h7-9,22H,2-6,15H2,1H3,(H,19,24)(H,20,23)(H,21,25)(H,26,27)(H4,16,17,18). The lowest BCUT2D eigenvalue weighted by Gasteiger charge is -2.20. The van der Waals surface area contributed by atoms with Gasteiger partial charge in [-0.1, -0.05) is 0 Å². The van der Waals surface area contributed by atoms with Crippen molar-refractivity contribution in [2.75, 3.05) is 19.7 Å². The van der Waals surface area contributed by atoms with Gasteiger partial charge >= 0.3 is 5.97 Å². The first-order chi connectivity index (χ1) is 12.6. The number of aliphatic carboxylic acids is 1. The molecule has 27 heavy (non-hydrogen) atoms. The number of aliphatic hydroxyl groups is 1. The molecule has 0 aromatic rings. The minimum atomic E-state index is -1.38. The van der Waals surface area contributed by atoms with Gasteiger partial charge in [-0.2, -0.15) is 0 Å². The molecule has 0 spiro atoms. The van der Waals surface area contributed by atoms with Gasteiger partial charge in [-0.05, 0) is 19.8 Å². The number of aliphatic imine (C=N–C) groups is 1. The Kier molecular flexibility index (Phi) is 11.1. The maximum atomic E-state index is 12.1. The molecular formula is C14H27N7O6. The van der Waals surface area contributed by atoms with E-state index < -0.39 is 55.0 Å². The Bertz CT molecular complexity index is 562. The van der Waals surface area contributed by atoms with Crippen LogP contribution in [-0.2, 0) is 19.2 Å². The van der Waals surface area contributed by atoms with Gasteiger partial charge in [-0.15, -0.1) is 0 Å². The SMILES string of the molecule is CC(N)C(=O)NCC(=O)NC(CO)C(=O)NC(CCCN=C(N)N)C(=O)O. The lowest BCUT2D eigenvalue weighted by Crippen LogP contribution is -2.55. The fourth-order valence-corrected chi connectivity index (χ4v) is 1.80. The highest BCUT2D eigenvalue weighted by Gasteiger charge is 2.26. The second-order valence-electron chi connectivity index (χ2n) is 5.66. The molecule has 13 nitrogen and oxygen atoms in total. The molecule has 0 bridgehead atoms. The maximum absolute atomic E-state index is 12.1. The van der Waals surface area contributed by atoms with Crippen LogP contribution in [-0.4, -0.2) is 77.7 Å². The molecule has 0 aliphatic rings. The van der Waals surface area contributed by atoms with Crippen LogP contribution in [0.1, 0.15) is 19.8 Å². The summed E-state index contributed by atoms with van der Waals surface area (Å²) in [7, 11) is 0. The predicted molar refractivity (Wildman–Crippen MR) is 95.2 cm³/mol. The van der Waals surface area contributed by atoms with Gasteiger partial charge in [-0.25, -0.2) is 4.79 Å². The number of aliphatic hydroxyl groups excluding tert-OH is 1. The first-order valence-corrected chi connectivity index (χ1v) is 8.10. The monoisotopic (exact) mass is 389 g/mol. The molecular weight excluding hydrogens is 362 g/mol. The van der Waals surface area contributed by atoms with E-state index in [0.29, 0.717) is 0 Å². The average molecular weight is 389 g/mol. The third kappa shape index (κ3) is 10.6. The number of carboxylic acids is 1. The van der Waals surface area contributed by atoms with Gasteiger partial charge in [0.2, 0.25) is 17.7 Å². The third-order valence-corrected chi connectivity index (χ3v) is 3.23.